The molecule has 1 unspecified atom stereocenters. The van der Waals surface area contributed by atoms with Gasteiger partial charge in [0, 0.05) is 10.0 Å². The lowest BCUT2D eigenvalue weighted by Gasteiger charge is -2.27. The lowest BCUT2D eigenvalue weighted by Crippen LogP contribution is -2.42. The van der Waals surface area contributed by atoms with Gasteiger partial charge in [0.15, 0.2) is 0 Å². The van der Waals surface area contributed by atoms with E-state index in [4.69, 9.17) is 23.2 Å². The van der Waals surface area contributed by atoms with Crippen LogP contribution in [0.25, 0.3) is 0 Å². The lowest BCUT2D eigenvalue weighted by molar-refractivity contribution is -0.120. The van der Waals surface area contributed by atoms with Crippen LogP contribution in [0.15, 0.2) is 77.7 Å². The van der Waals surface area contributed by atoms with Crippen molar-refractivity contribution >= 4 is 44.8 Å². The van der Waals surface area contributed by atoms with Gasteiger partial charge in [0.05, 0.1) is 16.6 Å². The number of anilines is 1. The summed E-state index contributed by atoms with van der Waals surface area (Å²) in [6.45, 7) is 5.60. The van der Waals surface area contributed by atoms with E-state index in [0.717, 1.165) is 15.4 Å². The Morgan fingerprint density at radius 3 is 2.09 bits per heavy atom. The Kier molecular flexibility index (Phi) is 8.63. The van der Waals surface area contributed by atoms with Gasteiger partial charge < -0.3 is 5.32 Å². The number of nitrogens with one attached hydrogen (secondary N) is 1. The third kappa shape index (κ3) is 6.75. The van der Waals surface area contributed by atoms with Crippen LogP contribution in [-0.4, -0.2) is 20.9 Å². The maximum atomic E-state index is 13.6. The van der Waals surface area contributed by atoms with Gasteiger partial charge in [0.1, 0.15) is 6.54 Å². The number of sulfonamides is 1. The monoisotopic (exact) mass is 518 g/mol. The van der Waals surface area contributed by atoms with Crippen molar-refractivity contribution in [3.63, 3.8) is 0 Å². The van der Waals surface area contributed by atoms with Crippen LogP contribution < -0.4 is 9.62 Å². The van der Waals surface area contributed by atoms with E-state index in [2.05, 4.69) is 19.2 Å². The van der Waals surface area contributed by atoms with Crippen molar-refractivity contribution in [2.45, 2.75) is 38.1 Å². The van der Waals surface area contributed by atoms with E-state index in [1.54, 1.807) is 12.1 Å². The van der Waals surface area contributed by atoms with Crippen LogP contribution in [0.3, 0.4) is 0 Å². The highest BCUT2D eigenvalue weighted by atomic mass is 35.5. The van der Waals surface area contributed by atoms with E-state index in [-0.39, 0.29) is 26.7 Å². The van der Waals surface area contributed by atoms with E-state index in [1.165, 1.54) is 30.3 Å². The Balaban J connectivity index is 1.96. The zero-order chi connectivity index (χ0) is 24.9. The third-order valence-electron chi connectivity index (χ3n) is 5.28. The minimum Gasteiger partial charge on any atom is -0.348 e. The molecule has 0 aromatic heterocycles. The van der Waals surface area contributed by atoms with Crippen molar-refractivity contribution in [1.82, 2.24) is 5.32 Å². The summed E-state index contributed by atoms with van der Waals surface area (Å²) >= 11 is 12.3. The summed E-state index contributed by atoms with van der Waals surface area (Å²) in [4.78, 5) is 13.3. The molecule has 0 heterocycles. The summed E-state index contributed by atoms with van der Waals surface area (Å²) < 4.78 is 28.2. The number of hydrogen-bond acceptors (Lipinski definition) is 3. The van der Waals surface area contributed by atoms with Crippen LogP contribution in [0.1, 0.15) is 37.4 Å². The van der Waals surface area contributed by atoms with Crippen LogP contribution >= 0.6 is 23.2 Å². The van der Waals surface area contributed by atoms with E-state index >= 15 is 0 Å². The lowest BCUT2D eigenvalue weighted by atomic mass is 9.97. The number of benzene rings is 3. The van der Waals surface area contributed by atoms with Gasteiger partial charge in [-0.2, -0.15) is 0 Å². The highest BCUT2D eigenvalue weighted by Gasteiger charge is 2.29. The second-order valence-corrected chi connectivity index (χ2v) is 11.3. The van der Waals surface area contributed by atoms with Crippen LogP contribution in [0.2, 0.25) is 10.0 Å². The summed E-state index contributed by atoms with van der Waals surface area (Å²) in [5.74, 6) is -0.106. The fraction of sp³-hybridized carbons (Fsp3) is 0.269. The maximum absolute atomic E-state index is 13.6. The van der Waals surface area contributed by atoms with E-state index < -0.39 is 22.5 Å². The smallest absolute Gasteiger partial charge is 0.264 e. The summed E-state index contributed by atoms with van der Waals surface area (Å²) in [5, 5.41) is 3.56. The SMILES string of the molecule is Cc1ccc(S(=O)(=O)N(CC(=O)NC(CC(C)C)c2ccccc2)c2cc(Cl)cc(Cl)c2)cc1. The highest BCUT2D eigenvalue weighted by molar-refractivity contribution is 7.92. The van der Waals surface area contributed by atoms with E-state index in [0.29, 0.717) is 12.3 Å². The molecule has 0 aliphatic carbocycles. The fourth-order valence-electron chi connectivity index (χ4n) is 3.64. The van der Waals surface area contributed by atoms with Crippen LogP contribution in [-0.2, 0) is 14.8 Å². The second kappa shape index (κ2) is 11.3. The van der Waals surface area contributed by atoms with Crippen molar-refractivity contribution in [1.29, 1.82) is 0 Å². The average molecular weight is 519 g/mol. The van der Waals surface area contributed by atoms with Gasteiger partial charge >= 0.3 is 0 Å². The molecule has 1 atom stereocenters. The Morgan fingerprint density at radius 1 is 0.941 bits per heavy atom. The zero-order valence-corrected chi connectivity index (χ0v) is 21.7. The predicted molar refractivity (Wildman–Crippen MR) is 139 cm³/mol. The first-order chi connectivity index (χ1) is 16.1. The first-order valence-electron chi connectivity index (χ1n) is 11.0. The number of carbonyl (C=O) groups is 1. The minimum absolute atomic E-state index is 0.0730. The van der Waals surface area contributed by atoms with Crippen molar-refractivity contribution in [2.75, 3.05) is 10.8 Å². The number of aryl methyl sites for hydroxylation is 1. The molecule has 3 rings (SSSR count). The van der Waals surface area contributed by atoms with Crippen molar-refractivity contribution in [3.05, 3.63) is 94.0 Å². The molecule has 0 saturated carbocycles. The fourth-order valence-corrected chi connectivity index (χ4v) is 5.56. The largest absolute Gasteiger partial charge is 0.348 e. The molecule has 0 aliphatic rings. The van der Waals surface area contributed by atoms with Crippen LogP contribution in [0.4, 0.5) is 5.69 Å². The Labute approximate surface area is 211 Å². The number of carbonyl (C=O) groups excluding carboxylic acids is 1. The van der Waals surface area contributed by atoms with Gasteiger partial charge in [0.25, 0.3) is 10.0 Å². The van der Waals surface area contributed by atoms with Gasteiger partial charge in [-0.1, -0.05) is 85.1 Å². The van der Waals surface area contributed by atoms with Gasteiger partial charge in [-0.15, -0.1) is 0 Å². The highest BCUT2D eigenvalue weighted by Crippen LogP contribution is 2.30. The average Bonchev–Trinajstić information content (AvgIpc) is 2.77. The molecule has 3 aromatic rings. The molecule has 0 aliphatic heterocycles. The number of nitrogens with zero attached hydrogens (tertiary/aromatic N) is 1. The molecule has 1 N–H and O–H groups in total. The topological polar surface area (TPSA) is 66.5 Å². The van der Waals surface area contributed by atoms with Crippen molar-refractivity contribution in [3.8, 4) is 0 Å². The third-order valence-corrected chi connectivity index (χ3v) is 7.50. The van der Waals surface area contributed by atoms with E-state index in [9.17, 15) is 13.2 Å². The van der Waals surface area contributed by atoms with Crippen LogP contribution in [0, 0.1) is 12.8 Å². The summed E-state index contributed by atoms with van der Waals surface area (Å²) in [6.07, 6.45) is 0.712. The summed E-state index contributed by atoms with van der Waals surface area (Å²) in [6, 6.07) is 20.3. The molecule has 0 fully saturated rings. The molecule has 0 saturated heterocycles. The second-order valence-electron chi connectivity index (χ2n) is 8.61. The Bertz CT molecular complexity index is 1210. The molecule has 3 aromatic carbocycles. The molecule has 180 valence electrons. The predicted octanol–water partition coefficient (Wildman–Crippen LogP) is 6.40. The molecule has 34 heavy (non-hydrogen) atoms. The van der Waals surface area contributed by atoms with Gasteiger partial charge in [-0.3, -0.25) is 9.10 Å². The van der Waals surface area contributed by atoms with Gasteiger partial charge in [-0.25, -0.2) is 8.42 Å². The zero-order valence-electron chi connectivity index (χ0n) is 19.3. The summed E-state index contributed by atoms with van der Waals surface area (Å²) in [5.41, 5.74) is 2.10. The Hall–Kier alpha value is -2.54. The molecular formula is C26H28Cl2N2O3S. The Morgan fingerprint density at radius 2 is 1.53 bits per heavy atom. The van der Waals surface area contributed by atoms with Crippen molar-refractivity contribution < 1.29 is 13.2 Å². The minimum atomic E-state index is -4.07. The number of hydrogen-bond donors (Lipinski definition) is 1. The van der Waals surface area contributed by atoms with Crippen LogP contribution in [0.5, 0.6) is 0 Å². The first kappa shape index (κ1) is 26.1. The molecule has 5 nitrogen and oxygen atoms in total. The number of rotatable bonds is 9. The first-order valence-corrected chi connectivity index (χ1v) is 13.2. The number of halogens is 2. The standard InChI is InChI=1S/C26H28Cl2N2O3S/c1-18(2)13-25(20-7-5-4-6-8-20)29-26(31)17-30(23-15-21(27)14-22(28)16-23)34(32,33)24-11-9-19(3)10-12-24/h4-12,14-16,18,25H,13,17H2,1-3H3,(H,29,31). The van der Waals surface area contributed by atoms with Crippen molar-refractivity contribution in [2.24, 2.45) is 5.92 Å². The number of amides is 1. The quantitative estimate of drug-likeness (QED) is 0.356. The summed E-state index contributed by atoms with van der Waals surface area (Å²) in [7, 11) is -4.07. The normalized spacial score (nSPS) is 12.4. The molecular weight excluding hydrogens is 491 g/mol. The van der Waals surface area contributed by atoms with E-state index in [1.807, 2.05) is 37.3 Å². The molecule has 0 radical (unpaired) electrons. The molecule has 8 heteroatoms. The van der Waals surface area contributed by atoms with Gasteiger partial charge in [-0.05, 0) is 55.2 Å². The maximum Gasteiger partial charge on any atom is 0.264 e. The molecule has 1 amide bonds. The molecule has 0 spiro atoms. The van der Waals surface area contributed by atoms with Gasteiger partial charge in [0.2, 0.25) is 5.91 Å². The molecule has 0 bridgehead atoms.